The molecule has 4 rings (SSSR count). The van der Waals surface area contributed by atoms with Crippen molar-refractivity contribution in [1.82, 2.24) is 19.3 Å². The molecule has 30 heavy (non-hydrogen) atoms. The van der Waals surface area contributed by atoms with Gasteiger partial charge >= 0.3 is 0 Å². The van der Waals surface area contributed by atoms with Crippen LogP contribution in [0.25, 0.3) is 16.6 Å². The van der Waals surface area contributed by atoms with Crippen molar-refractivity contribution in [2.45, 2.75) is 38.0 Å². The Morgan fingerprint density at radius 2 is 2.00 bits per heavy atom. The molecule has 8 heteroatoms. The van der Waals surface area contributed by atoms with Gasteiger partial charge in [-0.15, -0.1) is 0 Å². The standard InChI is InChI=1S/C22H28N4O4/c1-25(9-10-29-2)22(28)15-11-16-17(12-19(15)30-3)26-18(21(27)24-16)13-23-20(26)14-7-5-4-6-8-14/h11-14H,4-10H2,1-3H3,(H,24,27). The summed E-state index contributed by atoms with van der Waals surface area (Å²) in [4.78, 5) is 34.8. The Bertz CT molecular complexity index is 1130. The van der Waals surface area contributed by atoms with Crippen molar-refractivity contribution in [2.75, 3.05) is 34.4 Å². The average molecular weight is 412 g/mol. The van der Waals surface area contributed by atoms with E-state index in [9.17, 15) is 9.59 Å². The van der Waals surface area contributed by atoms with E-state index >= 15 is 0 Å². The molecule has 8 nitrogen and oxygen atoms in total. The van der Waals surface area contributed by atoms with Gasteiger partial charge in [-0.2, -0.15) is 0 Å². The van der Waals surface area contributed by atoms with Crippen LogP contribution < -0.4 is 10.3 Å². The minimum absolute atomic E-state index is 0.190. The molecule has 1 amide bonds. The molecule has 0 saturated heterocycles. The molecule has 1 aliphatic carbocycles. The first-order valence-electron chi connectivity index (χ1n) is 10.4. The average Bonchev–Trinajstić information content (AvgIpc) is 3.23. The predicted molar refractivity (Wildman–Crippen MR) is 115 cm³/mol. The van der Waals surface area contributed by atoms with Crippen LogP contribution in [-0.4, -0.2) is 59.6 Å². The van der Waals surface area contributed by atoms with E-state index in [1.807, 2.05) is 10.5 Å². The normalized spacial score (nSPS) is 15.0. The number of rotatable bonds is 6. The Balaban J connectivity index is 1.88. The molecular formula is C22H28N4O4. The molecule has 1 fully saturated rings. The van der Waals surface area contributed by atoms with Crippen molar-refractivity contribution in [3.8, 4) is 5.75 Å². The number of nitrogens with zero attached hydrogens (tertiary/aromatic N) is 3. The van der Waals surface area contributed by atoms with Gasteiger partial charge in [0.15, 0.2) is 0 Å². The third-order valence-corrected chi connectivity index (χ3v) is 6.01. The van der Waals surface area contributed by atoms with Crippen LogP contribution in [0.1, 0.15) is 54.2 Å². The number of aromatic nitrogens is 3. The van der Waals surface area contributed by atoms with Gasteiger partial charge in [0.05, 0.1) is 36.5 Å². The number of benzene rings is 1. The van der Waals surface area contributed by atoms with Crippen molar-refractivity contribution >= 4 is 22.5 Å². The predicted octanol–water partition coefficient (Wildman–Crippen LogP) is 2.95. The third-order valence-electron chi connectivity index (χ3n) is 6.01. The van der Waals surface area contributed by atoms with Crippen LogP contribution in [0.2, 0.25) is 0 Å². The number of aromatic amines is 1. The fraction of sp³-hybridized carbons (Fsp3) is 0.500. The molecule has 0 unspecified atom stereocenters. The quantitative estimate of drug-likeness (QED) is 0.672. The Kier molecular flexibility index (Phi) is 5.76. The van der Waals surface area contributed by atoms with Crippen molar-refractivity contribution in [3.63, 3.8) is 0 Å². The second-order valence-corrected chi connectivity index (χ2v) is 7.92. The summed E-state index contributed by atoms with van der Waals surface area (Å²) in [7, 11) is 4.86. The lowest BCUT2D eigenvalue weighted by Crippen LogP contribution is -2.30. The zero-order valence-electron chi connectivity index (χ0n) is 17.7. The number of hydrogen-bond acceptors (Lipinski definition) is 5. The summed E-state index contributed by atoms with van der Waals surface area (Å²) in [6.07, 6.45) is 7.40. The molecule has 0 radical (unpaired) electrons. The first kappa shape index (κ1) is 20.4. The van der Waals surface area contributed by atoms with E-state index < -0.39 is 0 Å². The topological polar surface area (TPSA) is 88.9 Å². The molecule has 1 saturated carbocycles. The summed E-state index contributed by atoms with van der Waals surface area (Å²) in [6, 6.07) is 3.52. The molecule has 2 aromatic heterocycles. The maximum Gasteiger partial charge on any atom is 0.274 e. The van der Waals surface area contributed by atoms with Crippen LogP contribution in [0, 0.1) is 0 Å². The summed E-state index contributed by atoms with van der Waals surface area (Å²) < 4.78 is 12.6. The molecule has 3 aromatic rings. The van der Waals surface area contributed by atoms with Crippen molar-refractivity contribution in [3.05, 3.63) is 40.1 Å². The number of likely N-dealkylation sites (N-methyl/N-ethyl adjacent to an activating group) is 1. The van der Waals surface area contributed by atoms with Gasteiger partial charge < -0.3 is 19.4 Å². The summed E-state index contributed by atoms with van der Waals surface area (Å²) in [5.41, 5.74) is 2.08. The zero-order valence-corrected chi connectivity index (χ0v) is 17.7. The van der Waals surface area contributed by atoms with E-state index in [1.165, 1.54) is 19.3 Å². The Hall–Kier alpha value is -2.87. The number of ether oxygens (including phenoxy) is 2. The van der Waals surface area contributed by atoms with Crippen molar-refractivity contribution in [1.29, 1.82) is 0 Å². The molecule has 1 aromatic carbocycles. The third kappa shape index (κ3) is 3.56. The van der Waals surface area contributed by atoms with Crippen LogP contribution >= 0.6 is 0 Å². The smallest absolute Gasteiger partial charge is 0.274 e. The van der Waals surface area contributed by atoms with E-state index in [0.29, 0.717) is 41.4 Å². The van der Waals surface area contributed by atoms with E-state index in [-0.39, 0.29) is 11.5 Å². The first-order valence-corrected chi connectivity index (χ1v) is 10.4. The Labute approximate surface area is 174 Å². The number of hydrogen-bond donors (Lipinski definition) is 1. The Morgan fingerprint density at radius 3 is 2.70 bits per heavy atom. The molecule has 0 atom stereocenters. The van der Waals surface area contributed by atoms with E-state index in [0.717, 1.165) is 24.2 Å². The number of carbonyl (C=O) groups is 1. The molecule has 1 N–H and O–H groups in total. The second-order valence-electron chi connectivity index (χ2n) is 7.92. The highest BCUT2D eigenvalue weighted by Gasteiger charge is 2.24. The zero-order chi connectivity index (χ0) is 21.3. The molecule has 0 spiro atoms. The van der Waals surface area contributed by atoms with Crippen LogP contribution in [0.3, 0.4) is 0 Å². The van der Waals surface area contributed by atoms with Gasteiger partial charge in [-0.1, -0.05) is 19.3 Å². The fourth-order valence-corrected chi connectivity index (χ4v) is 4.34. The highest BCUT2D eigenvalue weighted by molar-refractivity contribution is 6.00. The highest BCUT2D eigenvalue weighted by Crippen LogP contribution is 2.34. The maximum atomic E-state index is 13.0. The van der Waals surface area contributed by atoms with Gasteiger partial charge in [0.25, 0.3) is 11.5 Å². The lowest BCUT2D eigenvalue weighted by atomic mass is 9.88. The molecule has 1 aliphatic rings. The molecule has 2 heterocycles. The van der Waals surface area contributed by atoms with Gasteiger partial charge in [-0.05, 0) is 18.9 Å². The van der Waals surface area contributed by atoms with Crippen molar-refractivity contribution < 1.29 is 14.3 Å². The lowest BCUT2D eigenvalue weighted by molar-refractivity contribution is 0.0741. The summed E-state index contributed by atoms with van der Waals surface area (Å²) in [5.74, 6) is 1.52. The molecule has 0 bridgehead atoms. The van der Waals surface area contributed by atoms with Crippen LogP contribution in [0.4, 0.5) is 0 Å². The molecule has 0 aliphatic heterocycles. The second kappa shape index (κ2) is 8.47. The number of methoxy groups -OCH3 is 2. The molecular weight excluding hydrogens is 384 g/mol. The number of amides is 1. The largest absolute Gasteiger partial charge is 0.496 e. The van der Waals surface area contributed by atoms with Crippen LogP contribution in [-0.2, 0) is 4.74 Å². The van der Waals surface area contributed by atoms with Gasteiger partial charge in [-0.25, -0.2) is 4.98 Å². The fourth-order valence-electron chi connectivity index (χ4n) is 4.34. The lowest BCUT2D eigenvalue weighted by Gasteiger charge is -2.21. The van der Waals surface area contributed by atoms with Gasteiger partial charge in [0, 0.05) is 32.7 Å². The van der Waals surface area contributed by atoms with Gasteiger partial charge in [0.1, 0.15) is 17.1 Å². The molecule has 160 valence electrons. The van der Waals surface area contributed by atoms with Crippen LogP contribution in [0.5, 0.6) is 5.75 Å². The van der Waals surface area contributed by atoms with E-state index in [4.69, 9.17) is 9.47 Å². The summed E-state index contributed by atoms with van der Waals surface area (Å²) >= 11 is 0. The summed E-state index contributed by atoms with van der Waals surface area (Å²) in [6.45, 7) is 0.898. The maximum absolute atomic E-state index is 13.0. The van der Waals surface area contributed by atoms with Crippen LogP contribution in [0.15, 0.2) is 23.1 Å². The number of nitrogens with one attached hydrogen (secondary N) is 1. The number of H-pyrrole nitrogens is 1. The minimum Gasteiger partial charge on any atom is -0.496 e. The van der Waals surface area contributed by atoms with E-state index in [2.05, 4.69) is 9.97 Å². The minimum atomic E-state index is -0.214. The SMILES string of the molecule is COCCN(C)C(=O)c1cc2[nH]c(=O)c3cnc(C4CCCCC4)n3c2cc1OC. The van der Waals surface area contributed by atoms with Crippen molar-refractivity contribution in [2.24, 2.45) is 0 Å². The highest BCUT2D eigenvalue weighted by atomic mass is 16.5. The van der Waals surface area contributed by atoms with Gasteiger partial charge in [0.2, 0.25) is 0 Å². The number of fused-ring (bicyclic) bond motifs is 3. The van der Waals surface area contributed by atoms with Gasteiger partial charge in [-0.3, -0.25) is 14.0 Å². The van der Waals surface area contributed by atoms with E-state index in [1.54, 1.807) is 38.4 Å². The number of carbonyl (C=O) groups excluding carboxylic acids is 1. The monoisotopic (exact) mass is 412 g/mol. The Morgan fingerprint density at radius 1 is 1.23 bits per heavy atom. The summed E-state index contributed by atoms with van der Waals surface area (Å²) in [5, 5.41) is 0. The first-order chi connectivity index (χ1) is 14.5. The number of imidazole rings is 1.